The molecule has 0 aromatic heterocycles. The zero-order valence-corrected chi connectivity index (χ0v) is 10.7. The average Bonchev–Trinajstić information content (AvgIpc) is 2.61. The first kappa shape index (κ1) is 12.3. The van der Waals surface area contributed by atoms with Gasteiger partial charge in [0, 0.05) is 12.1 Å². The Bertz CT molecular complexity index is 216. The Labute approximate surface area is 99.3 Å². The second-order valence-corrected chi connectivity index (χ2v) is 5.61. The van der Waals surface area contributed by atoms with Crippen LogP contribution in [-0.4, -0.2) is 37.9 Å². The van der Waals surface area contributed by atoms with Crippen LogP contribution in [0.25, 0.3) is 0 Å². The molecule has 2 rings (SSSR count). The highest BCUT2D eigenvalue weighted by molar-refractivity contribution is 4.93. The number of hydrogen-bond donors (Lipinski definition) is 2. The first-order chi connectivity index (χ1) is 7.71. The maximum Gasteiger partial charge on any atom is 0.0726 e. The first-order valence-corrected chi connectivity index (χ1v) is 6.78. The highest BCUT2D eigenvalue weighted by atomic mass is 16.5. The van der Waals surface area contributed by atoms with Crippen LogP contribution in [0.2, 0.25) is 0 Å². The minimum Gasteiger partial charge on any atom is -0.377 e. The van der Waals surface area contributed by atoms with Gasteiger partial charge in [-0.1, -0.05) is 0 Å². The fourth-order valence-electron chi connectivity index (χ4n) is 2.80. The van der Waals surface area contributed by atoms with Gasteiger partial charge >= 0.3 is 0 Å². The van der Waals surface area contributed by atoms with Gasteiger partial charge in [0.1, 0.15) is 0 Å². The highest BCUT2D eigenvalue weighted by Gasteiger charge is 2.36. The Balaban J connectivity index is 1.66. The minimum absolute atomic E-state index is 0.210. The summed E-state index contributed by atoms with van der Waals surface area (Å²) in [6.45, 7) is 8.95. The Hall–Kier alpha value is -0.120. The number of rotatable bonds is 4. The summed E-state index contributed by atoms with van der Waals surface area (Å²) in [5.74, 6) is 0.877. The number of piperidine rings is 1. The Kier molecular flexibility index (Phi) is 4.22. The molecule has 0 amide bonds. The average molecular weight is 226 g/mol. The lowest BCUT2D eigenvalue weighted by molar-refractivity contribution is 0.0880. The number of ether oxygens (including phenoxy) is 1. The minimum atomic E-state index is 0.210. The van der Waals surface area contributed by atoms with Crippen molar-refractivity contribution in [2.45, 2.75) is 51.2 Å². The number of hydrogen-bond acceptors (Lipinski definition) is 3. The van der Waals surface area contributed by atoms with Crippen LogP contribution < -0.4 is 10.6 Å². The predicted octanol–water partition coefficient (Wildman–Crippen LogP) is 1.53. The van der Waals surface area contributed by atoms with Crippen LogP contribution in [-0.2, 0) is 4.74 Å². The normalized spacial score (nSPS) is 40.1. The van der Waals surface area contributed by atoms with E-state index >= 15 is 0 Å². The van der Waals surface area contributed by atoms with Crippen LogP contribution in [0.15, 0.2) is 0 Å². The molecule has 3 unspecified atom stereocenters. The molecule has 3 atom stereocenters. The van der Waals surface area contributed by atoms with Crippen molar-refractivity contribution in [2.75, 3.05) is 26.2 Å². The van der Waals surface area contributed by atoms with Gasteiger partial charge in [-0.3, -0.25) is 0 Å². The molecule has 2 heterocycles. The van der Waals surface area contributed by atoms with E-state index in [4.69, 9.17) is 4.74 Å². The fraction of sp³-hybridized carbons (Fsp3) is 1.00. The van der Waals surface area contributed by atoms with Gasteiger partial charge in [0.05, 0.1) is 6.10 Å². The molecule has 2 saturated heterocycles. The van der Waals surface area contributed by atoms with E-state index in [0.717, 1.165) is 25.5 Å². The summed E-state index contributed by atoms with van der Waals surface area (Å²) >= 11 is 0. The molecule has 0 spiro atoms. The molecule has 3 heteroatoms. The van der Waals surface area contributed by atoms with Crippen molar-refractivity contribution in [1.29, 1.82) is 0 Å². The summed E-state index contributed by atoms with van der Waals surface area (Å²) in [6.07, 6.45) is 5.56. The van der Waals surface area contributed by atoms with Gasteiger partial charge in [0.25, 0.3) is 0 Å². The monoisotopic (exact) mass is 226 g/mol. The largest absolute Gasteiger partial charge is 0.377 e. The van der Waals surface area contributed by atoms with E-state index in [2.05, 4.69) is 24.5 Å². The molecule has 3 nitrogen and oxygen atoms in total. The van der Waals surface area contributed by atoms with Crippen molar-refractivity contribution in [3.8, 4) is 0 Å². The van der Waals surface area contributed by atoms with Crippen molar-refractivity contribution in [3.05, 3.63) is 0 Å². The van der Waals surface area contributed by atoms with Crippen LogP contribution in [0, 0.1) is 5.92 Å². The van der Waals surface area contributed by atoms with Crippen molar-refractivity contribution >= 4 is 0 Å². The quantitative estimate of drug-likeness (QED) is 0.763. The van der Waals surface area contributed by atoms with Crippen LogP contribution >= 0.6 is 0 Å². The van der Waals surface area contributed by atoms with Crippen molar-refractivity contribution in [2.24, 2.45) is 5.92 Å². The van der Waals surface area contributed by atoms with Crippen molar-refractivity contribution in [3.63, 3.8) is 0 Å². The van der Waals surface area contributed by atoms with Gasteiger partial charge < -0.3 is 15.4 Å². The Morgan fingerprint density at radius 2 is 2.38 bits per heavy atom. The van der Waals surface area contributed by atoms with Crippen LogP contribution in [0.4, 0.5) is 0 Å². The Morgan fingerprint density at radius 1 is 1.50 bits per heavy atom. The third-order valence-corrected chi connectivity index (χ3v) is 4.37. The second-order valence-electron chi connectivity index (χ2n) is 5.61. The summed E-state index contributed by atoms with van der Waals surface area (Å²) in [4.78, 5) is 0. The van der Waals surface area contributed by atoms with E-state index in [9.17, 15) is 0 Å². The van der Waals surface area contributed by atoms with Gasteiger partial charge in [-0.15, -0.1) is 0 Å². The van der Waals surface area contributed by atoms with Crippen LogP contribution in [0.1, 0.15) is 39.5 Å². The summed E-state index contributed by atoms with van der Waals surface area (Å²) in [6, 6.07) is 0. The third-order valence-electron chi connectivity index (χ3n) is 4.37. The Morgan fingerprint density at radius 3 is 3.00 bits per heavy atom. The molecule has 0 radical (unpaired) electrons. The molecular formula is C13H26N2O. The maximum absolute atomic E-state index is 5.64. The summed E-state index contributed by atoms with van der Waals surface area (Å²) in [7, 11) is 0. The lowest BCUT2D eigenvalue weighted by Gasteiger charge is -2.30. The molecule has 2 aliphatic rings. The van der Waals surface area contributed by atoms with Gasteiger partial charge in [-0.2, -0.15) is 0 Å². The van der Waals surface area contributed by atoms with E-state index in [1.807, 2.05) is 0 Å². The fourth-order valence-corrected chi connectivity index (χ4v) is 2.80. The van der Waals surface area contributed by atoms with E-state index in [1.54, 1.807) is 0 Å². The summed E-state index contributed by atoms with van der Waals surface area (Å²) in [5, 5.41) is 7.18. The zero-order valence-electron chi connectivity index (χ0n) is 10.7. The SMILES string of the molecule is CC1OCCC1(C)NCCC1CCCNC1. The van der Waals surface area contributed by atoms with Crippen LogP contribution in [0.3, 0.4) is 0 Å². The molecule has 0 saturated carbocycles. The van der Waals surface area contributed by atoms with E-state index in [-0.39, 0.29) is 5.54 Å². The third kappa shape index (κ3) is 2.96. The van der Waals surface area contributed by atoms with Crippen molar-refractivity contribution in [1.82, 2.24) is 10.6 Å². The van der Waals surface area contributed by atoms with Crippen molar-refractivity contribution < 1.29 is 4.74 Å². The molecule has 0 aromatic carbocycles. The molecule has 0 bridgehead atoms. The molecule has 0 aliphatic carbocycles. The molecule has 2 N–H and O–H groups in total. The summed E-state index contributed by atoms with van der Waals surface area (Å²) < 4.78 is 5.64. The molecule has 0 aromatic rings. The van der Waals surface area contributed by atoms with Gasteiger partial charge in [0.15, 0.2) is 0 Å². The van der Waals surface area contributed by atoms with E-state index < -0.39 is 0 Å². The zero-order chi connectivity index (χ0) is 11.4. The first-order valence-electron chi connectivity index (χ1n) is 6.78. The molecule has 16 heavy (non-hydrogen) atoms. The van der Waals surface area contributed by atoms with E-state index in [1.165, 1.54) is 32.4 Å². The maximum atomic E-state index is 5.64. The lowest BCUT2D eigenvalue weighted by Crippen LogP contribution is -2.48. The second kappa shape index (κ2) is 5.48. The van der Waals surface area contributed by atoms with Crippen LogP contribution in [0.5, 0.6) is 0 Å². The van der Waals surface area contributed by atoms with E-state index in [0.29, 0.717) is 6.10 Å². The molecule has 94 valence electrons. The molecular weight excluding hydrogens is 200 g/mol. The standard InChI is InChI=1S/C13H26N2O/c1-11-13(2,6-9-16-11)15-8-5-12-4-3-7-14-10-12/h11-12,14-15H,3-10H2,1-2H3. The topological polar surface area (TPSA) is 33.3 Å². The number of nitrogens with one attached hydrogen (secondary N) is 2. The predicted molar refractivity (Wildman–Crippen MR) is 66.6 cm³/mol. The smallest absolute Gasteiger partial charge is 0.0726 e. The molecule has 2 aliphatic heterocycles. The van der Waals surface area contributed by atoms with Gasteiger partial charge in [-0.05, 0) is 65.1 Å². The lowest BCUT2D eigenvalue weighted by atomic mass is 9.92. The summed E-state index contributed by atoms with van der Waals surface area (Å²) in [5.41, 5.74) is 0.210. The van der Waals surface area contributed by atoms with Gasteiger partial charge in [0.2, 0.25) is 0 Å². The highest BCUT2D eigenvalue weighted by Crippen LogP contribution is 2.25. The molecule has 2 fully saturated rings. The van der Waals surface area contributed by atoms with Gasteiger partial charge in [-0.25, -0.2) is 0 Å².